The molecule has 0 heterocycles. The molecule has 0 bridgehead atoms. The lowest BCUT2D eigenvalue weighted by Crippen LogP contribution is -2.35. The zero-order valence-electron chi connectivity index (χ0n) is 26.6. The van der Waals surface area contributed by atoms with Gasteiger partial charge in [0.05, 0.1) is 0 Å². The smallest absolute Gasteiger partial charge is 0.303 e. The van der Waals surface area contributed by atoms with E-state index in [0.717, 1.165) is 19.5 Å². The van der Waals surface area contributed by atoms with E-state index in [2.05, 4.69) is 25.7 Å². The van der Waals surface area contributed by atoms with E-state index in [1.54, 1.807) is 0 Å². The van der Waals surface area contributed by atoms with Crippen molar-refractivity contribution in [3.05, 3.63) is 0 Å². The van der Waals surface area contributed by atoms with Crippen LogP contribution < -0.4 is 0 Å². The first kappa shape index (κ1) is 37.4. The van der Waals surface area contributed by atoms with Crippen molar-refractivity contribution in [2.24, 2.45) is 0 Å². The third-order valence-corrected chi connectivity index (χ3v) is 8.50. The molecule has 0 spiro atoms. The lowest BCUT2D eigenvalue weighted by Gasteiger charge is -2.29. The first-order valence-corrected chi connectivity index (χ1v) is 17.6. The van der Waals surface area contributed by atoms with Gasteiger partial charge in [-0.2, -0.15) is 0 Å². The van der Waals surface area contributed by atoms with Crippen LogP contribution in [0.1, 0.15) is 201 Å². The number of hydrogen-bond donors (Lipinski definition) is 1. The Bertz CT molecular complexity index is 437. The zero-order valence-corrected chi connectivity index (χ0v) is 26.6. The largest absolute Gasteiger partial charge is 0.481 e. The summed E-state index contributed by atoms with van der Waals surface area (Å²) < 4.78 is 0. The summed E-state index contributed by atoms with van der Waals surface area (Å²) in [6.45, 7) is 9.12. The number of carbonyl (C=O) groups is 1. The van der Waals surface area contributed by atoms with Gasteiger partial charge in [0.25, 0.3) is 0 Å². The van der Waals surface area contributed by atoms with Gasteiger partial charge in [-0.15, -0.1) is 0 Å². The molecule has 0 aromatic heterocycles. The quantitative estimate of drug-likeness (QED) is 0.0867. The van der Waals surface area contributed by atoms with E-state index in [1.807, 2.05) is 0 Å². The molecule has 0 aliphatic rings. The highest BCUT2D eigenvalue weighted by Crippen LogP contribution is 2.16. The van der Waals surface area contributed by atoms with E-state index in [1.165, 1.54) is 167 Å². The first-order valence-electron chi connectivity index (χ1n) is 17.6. The standard InChI is InChI=1S/C35H71NO2/c1-4-6-8-10-12-14-16-18-20-22-24-26-28-32-36(34(3)30-31-35(37)38)33-29-27-25-23-21-19-17-15-13-11-9-7-5-2/h34H,4-33H2,1-3H3,(H,37,38). The predicted molar refractivity (Wildman–Crippen MR) is 169 cm³/mol. The summed E-state index contributed by atoms with van der Waals surface area (Å²) in [7, 11) is 0. The summed E-state index contributed by atoms with van der Waals surface area (Å²) in [5.74, 6) is -0.654. The Balaban J connectivity index is 3.82. The van der Waals surface area contributed by atoms with Crippen molar-refractivity contribution in [1.82, 2.24) is 4.90 Å². The molecule has 1 N–H and O–H groups in total. The molecule has 1 unspecified atom stereocenters. The summed E-state index contributed by atoms with van der Waals surface area (Å²) in [6, 6.07) is 0.390. The second kappa shape index (κ2) is 31.0. The van der Waals surface area contributed by atoms with Gasteiger partial charge in [-0.05, 0) is 39.3 Å². The molecule has 3 heteroatoms. The van der Waals surface area contributed by atoms with E-state index in [0.29, 0.717) is 12.5 Å². The summed E-state index contributed by atoms with van der Waals surface area (Å²) in [5, 5.41) is 9.12. The van der Waals surface area contributed by atoms with Crippen LogP contribution in [0.2, 0.25) is 0 Å². The number of aliphatic carboxylic acids is 1. The molecule has 0 rings (SSSR count). The van der Waals surface area contributed by atoms with Crippen LogP contribution in [0.3, 0.4) is 0 Å². The molecule has 0 fully saturated rings. The molecular weight excluding hydrogens is 466 g/mol. The molecular formula is C35H71NO2. The fraction of sp³-hybridized carbons (Fsp3) is 0.971. The summed E-state index contributed by atoms with van der Waals surface area (Å²) >= 11 is 0. The van der Waals surface area contributed by atoms with E-state index in [9.17, 15) is 4.79 Å². The number of carboxylic acid groups (broad SMARTS) is 1. The van der Waals surface area contributed by atoms with Gasteiger partial charge < -0.3 is 10.0 Å². The molecule has 0 saturated heterocycles. The third kappa shape index (κ3) is 28.4. The average molecular weight is 538 g/mol. The van der Waals surface area contributed by atoms with Crippen LogP contribution >= 0.6 is 0 Å². The molecule has 228 valence electrons. The van der Waals surface area contributed by atoms with E-state index in [4.69, 9.17) is 5.11 Å². The second-order valence-electron chi connectivity index (χ2n) is 12.3. The second-order valence-corrected chi connectivity index (χ2v) is 12.3. The average Bonchev–Trinajstić information content (AvgIpc) is 2.91. The highest BCUT2D eigenvalue weighted by molar-refractivity contribution is 5.66. The SMILES string of the molecule is CCCCCCCCCCCCCCCN(CCCCCCCCCCCCCCC)C(C)CCC(=O)O. The van der Waals surface area contributed by atoms with E-state index < -0.39 is 5.97 Å². The maximum absolute atomic E-state index is 11.1. The monoisotopic (exact) mass is 538 g/mol. The van der Waals surface area contributed by atoms with Crippen LogP contribution in [-0.2, 0) is 4.79 Å². The minimum Gasteiger partial charge on any atom is -0.481 e. The summed E-state index contributed by atoms with van der Waals surface area (Å²) in [4.78, 5) is 13.7. The molecule has 3 nitrogen and oxygen atoms in total. The van der Waals surface area contributed by atoms with Crippen LogP contribution in [0, 0.1) is 0 Å². The van der Waals surface area contributed by atoms with Gasteiger partial charge in [0.2, 0.25) is 0 Å². The van der Waals surface area contributed by atoms with Crippen molar-refractivity contribution >= 4 is 5.97 Å². The van der Waals surface area contributed by atoms with Crippen LogP contribution in [0.15, 0.2) is 0 Å². The summed E-state index contributed by atoms with van der Waals surface area (Å²) in [5.41, 5.74) is 0. The zero-order chi connectivity index (χ0) is 27.9. The molecule has 0 aliphatic heterocycles. The number of carboxylic acids is 1. The Morgan fingerprint density at radius 1 is 0.500 bits per heavy atom. The molecule has 0 aromatic carbocycles. The number of nitrogens with zero attached hydrogens (tertiary/aromatic N) is 1. The fourth-order valence-corrected chi connectivity index (χ4v) is 5.73. The molecule has 0 aliphatic carbocycles. The lowest BCUT2D eigenvalue weighted by atomic mass is 10.0. The predicted octanol–water partition coefficient (Wildman–Crippen LogP) is 11.7. The topological polar surface area (TPSA) is 40.5 Å². The summed E-state index contributed by atoms with van der Waals surface area (Å²) in [6.07, 6.45) is 37.3. The van der Waals surface area contributed by atoms with Crippen molar-refractivity contribution in [1.29, 1.82) is 0 Å². The van der Waals surface area contributed by atoms with Crippen molar-refractivity contribution in [3.63, 3.8) is 0 Å². The van der Waals surface area contributed by atoms with Crippen molar-refractivity contribution in [2.45, 2.75) is 207 Å². The van der Waals surface area contributed by atoms with Gasteiger partial charge in [0.1, 0.15) is 0 Å². The van der Waals surface area contributed by atoms with Gasteiger partial charge >= 0.3 is 5.97 Å². The molecule has 0 amide bonds. The van der Waals surface area contributed by atoms with Crippen LogP contribution in [0.25, 0.3) is 0 Å². The van der Waals surface area contributed by atoms with Gasteiger partial charge in [-0.3, -0.25) is 4.79 Å². The normalized spacial score (nSPS) is 12.4. The van der Waals surface area contributed by atoms with Crippen LogP contribution in [0.4, 0.5) is 0 Å². The highest BCUT2D eigenvalue weighted by atomic mass is 16.4. The number of unbranched alkanes of at least 4 members (excludes halogenated alkanes) is 24. The molecule has 0 radical (unpaired) electrons. The maximum atomic E-state index is 11.1. The minimum absolute atomic E-state index is 0.300. The van der Waals surface area contributed by atoms with Gasteiger partial charge in [0.15, 0.2) is 0 Å². The molecule has 38 heavy (non-hydrogen) atoms. The van der Waals surface area contributed by atoms with Gasteiger partial charge in [-0.1, -0.05) is 168 Å². The van der Waals surface area contributed by atoms with Crippen LogP contribution in [0.5, 0.6) is 0 Å². The van der Waals surface area contributed by atoms with E-state index >= 15 is 0 Å². The Labute approximate surface area is 240 Å². The van der Waals surface area contributed by atoms with Crippen molar-refractivity contribution in [2.75, 3.05) is 13.1 Å². The van der Waals surface area contributed by atoms with Gasteiger partial charge in [0, 0.05) is 12.5 Å². The first-order chi connectivity index (χ1) is 18.6. The highest BCUT2D eigenvalue weighted by Gasteiger charge is 2.14. The van der Waals surface area contributed by atoms with Crippen molar-refractivity contribution in [3.8, 4) is 0 Å². The Morgan fingerprint density at radius 3 is 1.03 bits per heavy atom. The van der Waals surface area contributed by atoms with E-state index in [-0.39, 0.29) is 0 Å². The lowest BCUT2D eigenvalue weighted by molar-refractivity contribution is -0.137. The third-order valence-electron chi connectivity index (χ3n) is 8.50. The number of rotatable bonds is 32. The Hall–Kier alpha value is -0.570. The maximum Gasteiger partial charge on any atom is 0.303 e. The van der Waals surface area contributed by atoms with Crippen LogP contribution in [-0.4, -0.2) is 35.1 Å². The minimum atomic E-state index is -0.654. The van der Waals surface area contributed by atoms with Gasteiger partial charge in [-0.25, -0.2) is 0 Å². The molecule has 0 aromatic rings. The molecule has 1 atom stereocenters. The Kier molecular flexibility index (Phi) is 30.5. The number of hydrogen-bond acceptors (Lipinski definition) is 2. The Morgan fingerprint density at radius 2 is 0.763 bits per heavy atom. The molecule has 0 saturated carbocycles. The fourth-order valence-electron chi connectivity index (χ4n) is 5.73. The van der Waals surface area contributed by atoms with Crippen molar-refractivity contribution < 1.29 is 9.90 Å².